The number of aromatic nitrogens is 1. The molecule has 1 aromatic heterocycles. The minimum atomic E-state index is -3.91. The van der Waals surface area contributed by atoms with Gasteiger partial charge < -0.3 is 5.32 Å². The number of hydrogen-bond donors (Lipinski definition) is 2. The lowest BCUT2D eigenvalue weighted by Gasteiger charge is -2.26. The van der Waals surface area contributed by atoms with Crippen molar-refractivity contribution in [3.63, 3.8) is 0 Å². The number of nitrogens with one attached hydrogen (secondary N) is 2. The number of hydrogen-bond acceptors (Lipinski definition) is 4. The highest BCUT2D eigenvalue weighted by atomic mass is 32.2. The first kappa shape index (κ1) is 17.0. The van der Waals surface area contributed by atoms with Crippen LogP contribution in [-0.2, 0) is 15.6 Å². The van der Waals surface area contributed by atoms with Crippen molar-refractivity contribution in [2.24, 2.45) is 0 Å². The monoisotopic (exact) mass is 333 g/mol. The number of carbonyl (C=O) groups is 1. The van der Waals surface area contributed by atoms with Crippen LogP contribution >= 0.6 is 0 Å². The molecule has 122 valence electrons. The standard InChI is InChI=1S/C16H19N3O3S/c1-12-6-8-14(9-7-12)23(21,22)19-15(20)18-16(2,3)13-5-4-10-17-11-13/h4-11H,1-3H3,(H2,18,19,20). The minimum Gasteiger partial charge on any atom is -0.328 e. The fourth-order valence-electron chi connectivity index (χ4n) is 2.01. The molecule has 23 heavy (non-hydrogen) atoms. The van der Waals surface area contributed by atoms with Gasteiger partial charge in [0, 0.05) is 12.4 Å². The van der Waals surface area contributed by atoms with Gasteiger partial charge in [0.1, 0.15) is 0 Å². The molecule has 0 bridgehead atoms. The van der Waals surface area contributed by atoms with E-state index < -0.39 is 21.6 Å². The first-order valence-electron chi connectivity index (χ1n) is 7.03. The van der Waals surface area contributed by atoms with Crippen LogP contribution < -0.4 is 10.0 Å². The van der Waals surface area contributed by atoms with E-state index in [0.29, 0.717) is 0 Å². The molecular weight excluding hydrogens is 314 g/mol. The molecule has 0 aliphatic carbocycles. The minimum absolute atomic E-state index is 0.0393. The third-order valence-corrected chi connectivity index (χ3v) is 4.71. The van der Waals surface area contributed by atoms with Crippen LogP contribution in [0.2, 0.25) is 0 Å². The molecule has 0 fully saturated rings. The number of rotatable bonds is 4. The summed E-state index contributed by atoms with van der Waals surface area (Å²) in [4.78, 5) is 16.1. The molecule has 2 N–H and O–H groups in total. The summed E-state index contributed by atoms with van der Waals surface area (Å²) in [5.74, 6) is 0. The summed E-state index contributed by atoms with van der Waals surface area (Å²) < 4.78 is 26.4. The smallest absolute Gasteiger partial charge is 0.328 e. The van der Waals surface area contributed by atoms with Crippen LogP contribution in [0.5, 0.6) is 0 Å². The predicted octanol–water partition coefficient (Wildman–Crippen LogP) is 2.31. The van der Waals surface area contributed by atoms with Crippen LogP contribution in [-0.4, -0.2) is 19.4 Å². The topological polar surface area (TPSA) is 88.2 Å². The van der Waals surface area contributed by atoms with Gasteiger partial charge in [0.2, 0.25) is 0 Å². The molecule has 1 heterocycles. The summed E-state index contributed by atoms with van der Waals surface area (Å²) in [5.41, 5.74) is 0.940. The van der Waals surface area contributed by atoms with Gasteiger partial charge in [-0.1, -0.05) is 23.8 Å². The largest absolute Gasteiger partial charge is 0.329 e. The van der Waals surface area contributed by atoms with Crippen molar-refractivity contribution >= 4 is 16.1 Å². The van der Waals surface area contributed by atoms with E-state index in [9.17, 15) is 13.2 Å². The molecule has 0 radical (unpaired) electrons. The van der Waals surface area contributed by atoms with Crippen LogP contribution in [0.25, 0.3) is 0 Å². The molecule has 0 unspecified atom stereocenters. The van der Waals surface area contributed by atoms with Crippen LogP contribution in [0.15, 0.2) is 53.7 Å². The predicted molar refractivity (Wildman–Crippen MR) is 87.3 cm³/mol. The zero-order valence-electron chi connectivity index (χ0n) is 13.2. The van der Waals surface area contributed by atoms with E-state index in [1.807, 2.05) is 17.7 Å². The van der Waals surface area contributed by atoms with E-state index in [2.05, 4.69) is 10.3 Å². The van der Waals surface area contributed by atoms with Crippen LogP contribution in [0, 0.1) is 6.92 Å². The highest BCUT2D eigenvalue weighted by Crippen LogP contribution is 2.18. The first-order valence-corrected chi connectivity index (χ1v) is 8.51. The van der Waals surface area contributed by atoms with E-state index in [1.54, 1.807) is 44.4 Å². The average Bonchev–Trinajstić information content (AvgIpc) is 2.47. The Morgan fingerprint density at radius 1 is 1.13 bits per heavy atom. The van der Waals surface area contributed by atoms with Gasteiger partial charge >= 0.3 is 6.03 Å². The first-order chi connectivity index (χ1) is 10.7. The number of amides is 2. The van der Waals surface area contributed by atoms with Gasteiger partial charge in [-0.05, 0) is 44.5 Å². The number of nitrogens with zero attached hydrogens (tertiary/aromatic N) is 1. The Morgan fingerprint density at radius 3 is 2.35 bits per heavy atom. The number of carbonyl (C=O) groups excluding carboxylic acids is 1. The second kappa shape index (κ2) is 6.37. The van der Waals surface area contributed by atoms with Gasteiger partial charge in [-0.3, -0.25) is 4.98 Å². The van der Waals surface area contributed by atoms with Gasteiger partial charge in [0.25, 0.3) is 10.0 Å². The van der Waals surface area contributed by atoms with Crippen molar-refractivity contribution in [1.82, 2.24) is 15.0 Å². The molecule has 0 aliphatic rings. The molecule has 2 rings (SSSR count). The maximum Gasteiger partial charge on any atom is 0.329 e. The molecule has 0 saturated carbocycles. The number of sulfonamides is 1. The lowest BCUT2D eigenvalue weighted by Crippen LogP contribution is -2.48. The lowest BCUT2D eigenvalue weighted by atomic mass is 9.96. The van der Waals surface area contributed by atoms with Crippen molar-refractivity contribution in [3.05, 3.63) is 59.9 Å². The third kappa shape index (κ3) is 4.29. The average molecular weight is 333 g/mol. The fraction of sp³-hybridized carbons (Fsp3) is 0.250. The Kier molecular flexibility index (Phi) is 4.70. The number of pyridine rings is 1. The Hall–Kier alpha value is -2.41. The molecule has 2 amide bonds. The van der Waals surface area contributed by atoms with Crippen molar-refractivity contribution in [2.45, 2.75) is 31.2 Å². The van der Waals surface area contributed by atoms with Gasteiger partial charge in [0.05, 0.1) is 10.4 Å². The second-order valence-corrected chi connectivity index (χ2v) is 7.42. The molecular formula is C16H19N3O3S. The summed E-state index contributed by atoms with van der Waals surface area (Å²) in [7, 11) is -3.91. The number of aryl methyl sites for hydroxylation is 1. The highest BCUT2D eigenvalue weighted by Gasteiger charge is 2.25. The van der Waals surface area contributed by atoms with E-state index in [-0.39, 0.29) is 4.90 Å². The third-order valence-electron chi connectivity index (χ3n) is 3.37. The van der Waals surface area contributed by atoms with E-state index in [4.69, 9.17) is 0 Å². The molecule has 0 aliphatic heterocycles. The number of urea groups is 1. The van der Waals surface area contributed by atoms with Gasteiger partial charge in [-0.25, -0.2) is 17.9 Å². The Labute approximate surface area is 136 Å². The Morgan fingerprint density at radius 2 is 1.78 bits per heavy atom. The van der Waals surface area contributed by atoms with E-state index in [0.717, 1.165) is 11.1 Å². The van der Waals surface area contributed by atoms with Crippen molar-refractivity contribution in [3.8, 4) is 0 Å². The zero-order chi connectivity index (χ0) is 17.1. The molecule has 7 heteroatoms. The van der Waals surface area contributed by atoms with Crippen molar-refractivity contribution in [1.29, 1.82) is 0 Å². The van der Waals surface area contributed by atoms with Gasteiger partial charge in [-0.2, -0.15) is 0 Å². The highest BCUT2D eigenvalue weighted by molar-refractivity contribution is 7.90. The molecule has 6 nitrogen and oxygen atoms in total. The second-order valence-electron chi connectivity index (χ2n) is 5.74. The van der Waals surface area contributed by atoms with Gasteiger partial charge in [-0.15, -0.1) is 0 Å². The normalized spacial score (nSPS) is 11.8. The maximum atomic E-state index is 12.2. The molecule has 1 aromatic carbocycles. The fourth-order valence-corrected chi connectivity index (χ4v) is 2.92. The molecule has 0 atom stereocenters. The van der Waals surface area contributed by atoms with Crippen molar-refractivity contribution < 1.29 is 13.2 Å². The Bertz CT molecular complexity index is 785. The van der Waals surface area contributed by atoms with Crippen LogP contribution in [0.1, 0.15) is 25.0 Å². The van der Waals surface area contributed by atoms with Crippen LogP contribution in [0.4, 0.5) is 4.79 Å². The summed E-state index contributed by atoms with van der Waals surface area (Å²) in [6.07, 6.45) is 3.25. The molecule has 0 spiro atoms. The summed E-state index contributed by atoms with van der Waals surface area (Å²) in [6.45, 7) is 5.39. The van der Waals surface area contributed by atoms with E-state index in [1.165, 1.54) is 12.1 Å². The van der Waals surface area contributed by atoms with Crippen LogP contribution in [0.3, 0.4) is 0 Å². The van der Waals surface area contributed by atoms with E-state index >= 15 is 0 Å². The van der Waals surface area contributed by atoms with Crippen molar-refractivity contribution in [2.75, 3.05) is 0 Å². The maximum absolute atomic E-state index is 12.2. The SMILES string of the molecule is Cc1ccc(S(=O)(=O)NC(=O)NC(C)(C)c2cccnc2)cc1. The summed E-state index contributed by atoms with van der Waals surface area (Å²) in [6, 6.07) is 9.02. The summed E-state index contributed by atoms with van der Waals surface area (Å²) in [5, 5.41) is 2.64. The molecule has 2 aromatic rings. The number of benzene rings is 1. The Balaban J connectivity index is 2.11. The zero-order valence-corrected chi connectivity index (χ0v) is 14.0. The lowest BCUT2D eigenvalue weighted by molar-refractivity contribution is 0.235. The van der Waals surface area contributed by atoms with Gasteiger partial charge in [0.15, 0.2) is 0 Å². The summed E-state index contributed by atoms with van der Waals surface area (Å²) >= 11 is 0. The quantitative estimate of drug-likeness (QED) is 0.899. The molecule has 0 saturated heterocycles.